The Morgan fingerprint density at radius 2 is 2.05 bits per heavy atom. The topological polar surface area (TPSA) is 77.1 Å². The van der Waals surface area contributed by atoms with Crippen LogP contribution < -0.4 is 10.5 Å². The summed E-state index contributed by atoms with van der Waals surface area (Å²) in [6.07, 6.45) is 0.150. The van der Waals surface area contributed by atoms with Gasteiger partial charge in [0.1, 0.15) is 5.75 Å². The molecule has 0 aromatic heterocycles. The van der Waals surface area contributed by atoms with Gasteiger partial charge in [-0.1, -0.05) is 19.0 Å². The number of methoxy groups -OCH3 is 1. The smallest absolute Gasteiger partial charge is 0.170 e. The molecule has 0 aliphatic carbocycles. The molecule has 1 aromatic rings. The fourth-order valence-corrected chi connectivity index (χ4v) is 1.52. The highest BCUT2D eigenvalue weighted by Crippen LogP contribution is 2.22. The number of amidine groups is 1. The maximum Gasteiger partial charge on any atom is 0.170 e. The summed E-state index contributed by atoms with van der Waals surface area (Å²) < 4.78 is 11.1. The Kier molecular flexibility index (Phi) is 5.63. The van der Waals surface area contributed by atoms with Gasteiger partial charge in [0.05, 0.1) is 19.8 Å². The van der Waals surface area contributed by atoms with Gasteiger partial charge < -0.3 is 20.4 Å². The maximum absolute atomic E-state index is 8.70. The second-order valence-corrected chi connectivity index (χ2v) is 4.77. The van der Waals surface area contributed by atoms with Crippen LogP contribution >= 0.6 is 0 Å². The third-order valence-electron chi connectivity index (χ3n) is 3.12. The van der Waals surface area contributed by atoms with Gasteiger partial charge >= 0.3 is 0 Å². The van der Waals surface area contributed by atoms with Crippen molar-refractivity contribution < 1.29 is 14.7 Å². The molecule has 0 aliphatic rings. The lowest BCUT2D eigenvalue weighted by Gasteiger charge is -2.18. The average molecular weight is 266 g/mol. The lowest BCUT2D eigenvalue weighted by molar-refractivity contribution is 0.0226. The predicted octanol–water partition coefficient (Wildman–Crippen LogP) is 2.35. The van der Waals surface area contributed by atoms with E-state index in [2.05, 4.69) is 19.0 Å². The molecule has 0 spiro atoms. The number of benzene rings is 1. The van der Waals surface area contributed by atoms with Crippen molar-refractivity contribution in [3.8, 4) is 5.75 Å². The molecule has 19 heavy (non-hydrogen) atoms. The summed E-state index contributed by atoms with van der Waals surface area (Å²) in [4.78, 5) is 0. The zero-order valence-corrected chi connectivity index (χ0v) is 11.9. The quantitative estimate of drug-likeness (QED) is 0.358. The van der Waals surface area contributed by atoms with Gasteiger partial charge in [-0.05, 0) is 31.0 Å². The van der Waals surface area contributed by atoms with Gasteiger partial charge in [0.25, 0.3) is 0 Å². The number of rotatable bonds is 6. The minimum Gasteiger partial charge on any atom is -0.496 e. The van der Waals surface area contributed by atoms with E-state index in [1.165, 1.54) is 0 Å². The molecule has 0 saturated heterocycles. The standard InChI is InChI=1S/C14H22N2O3/c1-9(2)10(3)19-8-12-7-11(14(15)16-17)5-6-13(12)18-4/h5-7,9-10,17H,8H2,1-4H3,(H2,15,16). The summed E-state index contributed by atoms with van der Waals surface area (Å²) in [7, 11) is 1.61. The molecular formula is C14H22N2O3. The molecule has 0 fully saturated rings. The maximum atomic E-state index is 8.70. The van der Waals surface area contributed by atoms with Crippen LogP contribution in [-0.4, -0.2) is 24.3 Å². The summed E-state index contributed by atoms with van der Waals surface area (Å²) in [5.74, 6) is 1.24. The van der Waals surface area contributed by atoms with E-state index in [0.29, 0.717) is 18.1 Å². The van der Waals surface area contributed by atoms with E-state index in [0.717, 1.165) is 11.3 Å². The third kappa shape index (κ3) is 4.13. The van der Waals surface area contributed by atoms with Gasteiger partial charge in [0.15, 0.2) is 5.84 Å². The van der Waals surface area contributed by atoms with E-state index in [1.54, 1.807) is 25.3 Å². The highest BCUT2D eigenvalue weighted by Gasteiger charge is 2.11. The Labute approximate surface area is 114 Å². The molecule has 1 unspecified atom stereocenters. The molecule has 0 aliphatic heterocycles. The zero-order valence-electron chi connectivity index (χ0n) is 11.9. The summed E-state index contributed by atoms with van der Waals surface area (Å²) in [6, 6.07) is 5.33. The van der Waals surface area contributed by atoms with Crippen LogP contribution in [0.15, 0.2) is 23.4 Å². The molecule has 0 saturated carbocycles. The lowest BCUT2D eigenvalue weighted by Crippen LogP contribution is -2.16. The Morgan fingerprint density at radius 3 is 2.58 bits per heavy atom. The van der Waals surface area contributed by atoms with Crippen LogP contribution in [0.1, 0.15) is 31.9 Å². The van der Waals surface area contributed by atoms with Crippen molar-refractivity contribution in [1.82, 2.24) is 0 Å². The molecule has 5 heteroatoms. The molecule has 1 rings (SSSR count). The van der Waals surface area contributed by atoms with Crippen molar-refractivity contribution >= 4 is 5.84 Å². The van der Waals surface area contributed by atoms with E-state index in [9.17, 15) is 0 Å². The van der Waals surface area contributed by atoms with Crippen LogP contribution in [0.3, 0.4) is 0 Å². The van der Waals surface area contributed by atoms with Crippen molar-refractivity contribution in [3.05, 3.63) is 29.3 Å². The molecule has 3 N–H and O–H groups in total. The Balaban J connectivity index is 2.90. The fraction of sp³-hybridized carbons (Fsp3) is 0.500. The highest BCUT2D eigenvalue weighted by atomic mass is 16.5. The van der Waals surface area contributed by atoms with Crippen molar-refractivity contribution in [2.45, 2.75) is 33.5 Å². The number of hydrogen-bond acceptors (Lipinski definition) is 4. The summed E-state index contributed by atoms with van der Waals surface area (Å²) in [5, 5.41) is 11.7. The van der Waals surface area contributed by atoms with Crippen LogP contribution in [0.25, 0.3) is 0 Å². The van der Waals surface area contributed by atoms with Gasteiger partial charge in [0, 0.05) is 11.1 Å². The van der Waals surface area contributed by atoms with Crippen molar-refractivity contribution in [2.24, 2.45) is 16.8 Å². The van der Waals surface area contributed by atoms with Gasteiger partial charge in [-0.3, -0.25) is 0 Å². The number of ether oxygens (including phenoxy) is 2. The Morgan fingerprint density at radius 1 is 1.37 bits per heavy atom. The number of nitrogens with two attached hydrogens (primary N) is 1. The molecular weight excluding hydrogens is 244 g/mol. The van der Waals surface area contributed by atoms with Crippen LogP contribution in [0.4, 0.5) is 0 Å². The average Bonchev–Trinajstić information content (AvgIpc) is 2.43. The van der Waals surface area contributed by atoms with E-state index in [4.69, 9.17) is 20.4 Å². The number of oxime groups is 1. The van der Waals surface area contributed by atoms with Crippen LogP contribution in [0.5, 0.6) is 5.75 Å². The van der Waals surface area contributed by atoms with E-state index < -0.39 is 0 Å². The van der Waals surface area contributed by atoms with Crippen molar-refractivity contribution in [1.29, 1.82) is 0 Å². The normalized spacial score (nSPS) is 13.6. The predicted molar refractivity (Wildman–Crippen MR) is 74.6 cm³/mol. The molecule has 0 amide bonds. The zero-order chi connectivity index (χ0) is 14.4. The Hall–Kier alpha value is -1.75. The fourth-order valence-electron chi connectivity index (χ4n) is 1.52. The van der Waals surface area contributed by atoms with Gasteiger partial charge in [-0.25, -0.2) is 0 Å². The van der Waals surface area contributed by atoms with Crippen LogP contribution in [-0.2, 0) is 11.3 Å². The first-order valence-corrected chi connectivity index (χ1v) is 6.26. The van der Waals surface area contributed by atoms with E-state index in [1.807, 2.05) is 6.92 Å². The molecule has 0 heterocycles. The number of nitrogens with zero attached hydrogens (tertiary/aromatic N) is 1. The molecule has 1 aromatic carbocycles. The first-order chi connectivity index (χ1) is 8.99. The second-order valence-electron chi connectivity index (χ2n) is 4.77. The largest absolute Gasteiger partial charge is 0.496 e. The van der Waals surface area contributed by atoms with Gasteiger partial charge in [-0.2, -0.15) is 0 Å². The third-order valence-corrected chi connectivity index (χ3v) is 3.12. The summed E-state index contributed by atoms with van der Waals surface area (Å²) >= 11 is 0. The van der Waals surface area contributed by atoms with Crippen molar-refractivity contribution in [2.75, 3.05) is 7.11 Å². The van der Waals surface area contributed by atoms with Crippen molar-refractivity contribution in [3.63, 3.8) is 0 Å². The molecule has 0 bridgehead atoms. The Bertz CT molecular complexity index is 444. The lowest BCUT2D eigenvalue weighted by atomic mass is 10.1. The van der Waals surface area contributed by atoms with E-state index >= 15 is 0 Å². The van der Waals surface area contributed by atoms with E-state index in [-0.39, 0.29) is 11.9 Å². The van der Waals surface area contributed by atoms with Gasteiger partial charge in [0.2, 0.25) is 0 Å². The first-order valence-electron chi connectivity index (χ1n) is 6.26. The highest BCUT2D eigenvalue weighted by molar-refractivity contribution is 5.97. The second kappa shape index (κ2) is 6.99. The van der Waals surface area contributed by atoms with Gasteiger partial charge in [-0.15, -0.1) is 0 Å². The summed E-state index contributed by atoms with van der Waals surface area (Å²) in [6.45, 7) is 6.67. The molecule has 0 radical (unpaired) electrons. The SMILES string of the molecule is COc1ccc(/C(N)=N/O)cc1COC(C)C(C)C. The first kappa shape index (κ1) is 15.3. The van der Waals surface area contributed by atoms with Crippen LogP contribution in [0.2, 0.25) is 0 Å². The number of hydrogen-bond donors (Lipinski definition) is 2. The summed E-state index contributed by atoms with van der Waals surface area (Å²) in [5.41, 5.74) is 7.09. The minimum atomic E-state index is 0.0702. The molecule has 5 nitrogen and oxygen atoms in total. The molecule has 1 atom stereocenters. The van der Waals surface area contributed by atoms with Crippen LogP contribution in [0, 0.1) is 5.92 Å². The monoisotopic (exact) mass is 266 g/mol. The minimum absolute atomic E-state index is 0.0702. The molecule has 106 valence electrons.